The molecule has 0 amide bonds. The number of hydrogen-bond donors (Lipinski definition) is 1. The predicted octanol–water partition coefficient (Wildman–Crippen LogP) is 1.77. The Hall–Kier alpha value is -1.90. The third-order valence-corrected chi connectivity index (χ3v) is 5.68. The first-order chi connectivity index (χ1) is 11.6. The molecule has 0 aliphatic heterocycles. The van der Waals surface area contributed by atoms with Crippen LogP contribution < -0.4 is 4.31 Å². The van der Waals surface area contributed by atoms with E-state index in [2.05, 4.69) is 25.9 Å². The third kappa shape index (κ3) is 4.20. The van der Waals surface area contributed by atoms with Crippen LogP contribution in [0, 0.1) is 0 Å². The lowest BCUT2D eigenvalue weighted by atomic mass is 9.93. The molecule has 0 fully saturated rings. The number of hydrogen-bond acceptors (Lipinski definition) is 4. The molecule has 2 rings (SSSR count). The van der Waals surface area contributed by atoms with Crippen LogP contribution in [0.4, 0.5) is 5.69 Å². The van der Waals surface area contributed by atoms with E-state index < -0.39 is 10.2 Å². The van der Waals surface area contributed by atoms with Gasteiger partial charge in [0.2, 0.25) is 0 Å². The van der Waals surface area contributed by atoms with Crippen LogP contribution >= 0.6 is 0 Å². The molecule has 0 spiro atoms. The minimum atomic E-state index is -3.66. The largest absolute Gasteiger partial charge is 0.394 e. The van der Waals surface area contributed by atoms with Crippen LogP contribution in [0.5, 0.6) is 0 Å². The zero-order valence-corrected chi connectivity index (χ0v) is 16.2. The Morgan fingerprint density at radius 2 is 1.72 bits per heavy atom. The molecule has 1 heterocycles. The van der Waals surface area contributed by atoms with Crippen molar-refractivity contribution < 1.29 is 13.5 Å². The highest BCUT2D eigenvalue weighted by atomic mass is 32.2. The van der Waals surface area contributed by atoms with Gasteiger partial charge in [-0.05, 0) is 30.3 Å². The summed E-state index contributed by atoms with van der Waals surface area (Å²) in [5, 5.41) is 13.8. The van der Waals surface area contributed by atoms with Crippen LogP contribution in [0.25, 0.3) is 5.69 Å². The Bertz CT molecular complexity index is 805. The molecular weight excluding hydrogens is 340 g/mol. The van der Waals surface area contributed by atoms with Gasteiger partial charge in [-0.25, -0.2) is 4.68 Å². The van der Waals surface area contributed by atoms with Gasteiger partial charge < -0.3 is 5.11 Å². The van der Waals surface area contributed by atoms with E-state index in [1.165, 1.54) is 18.4 Å². The molecule has 25 heavy (non-hydrogen) atoms. The molecule has 0 aliphatic carbocycles. The van der Waals surface area contributed by atoms with Gasteiger partial charge in [0.15, 0.2) is 0 Å². The number of aromatic nitrogens is 2. The average molecular weight is 366 g/mol. The third-order valence-electron chi connectivity index (χ3n) is 3.80. The molecule has 1 aromatic heterocycles. The summed E-state index contributed by atoms with van der Waals surface area (Å²) in [4.78, 5) is 0. The van der Waals surface area contributed by atoms with Crippen LogP contribution in [-0.4, -0.2) is 54.9 Å². The normalized spacial score (nSPS) is 12.6. The Labute approximate surface area is 149 Å². The first-order valence-electron chi connectivity index (χ1n) is 8.05. The minimum Gasteiger partial charge on any atom is -0.394 e. The van der Waals surface area contributed by atoms with Crippen molar-refractivity contribution in [3.8, 4) is 5.69 Å². The van der Waals surface area contributed by atoms with Gasteiger partial charge >= 0.3 is 10.2 Å². The van der Waals surface area contributed by atoms with Gasteiger partial charge in [0, 0.05) is 25.7 Å². The number of rotatable bonds is 6. The first-order valence-corrected chi connectivity index (χ1v) is 9.44. The molecule has 1 N–H and O–H groups in total. The van der Waals surface area contributed by atoms with E-state index in [1.54, 1.807) is 16.8 Å². The Balaban J connectivity index is 2.33. The molecule has 138 valence electrons. The maximum atomic E-state index is 12.4. The highest BCUT2D eigenvalue weighted by Crippen LogP contribution is 2.23. The summed E-state index contributed by atoms with van der Waals surface area (Å²) in [6, 6.07) is 9.02. The van der Waals surface area contributed by atoms with Crippen LogP contribution in [0.2, 0.25) is 0 Å². The summed E-state index contributed by atoms with van der Waals surface area (Å²) in [5.41, 5.74) is 2.27. The Kier molecular flexibility index (Phi) is 5.55. The van der Waals surface area contributed by atoms with Crippen molar-refractivity contribution in [3.05, 3.63) is 42.2 Å². The molecule has 0 unspecified atom stereocenters. The quantitative estimate of drug-likeness (QED) is 0.845. The molecule has 7 nitrogen and oxygen atoms in total. The average Bonchev–Trinajstić information content (AvgIpc) is 3.02. The molecule has 0 saturated heterocycles. The van der Waals surface area contributed by atoms with Crippen LogP contribution in [0.15, 0.2) is 36.5 Å². The number of aliphatic hydroxyl groups is 1. The molecule has 2 aromatic rings. The molecule has 0 aliphatic rings. The maximum absolute atomic E-state index is 12.4. The van der Waals surface area contributed by atoms with E-state index >= 15 is 0 Å². The van der Waals surface area contributed by atoms with E-state index in [-0.39, 0.29) is 18.6 Å². The van der Waals surface area contributed by atoms with Gasteiger partial charge in [-0.1, -0.05) is 20.8 Å². The van der Waals surface area contributed by atoms with Crippen molar-refractivity contribution in [2.45, 2.75) is 26.2 Å². The zero-order chi connectivity index (χ0) is 18.8. The first kappa shape index (κ1) is 19.4. The fraction of sp³-hybridized carbons (Fsp3) is 0.471. The second-order valence-corrected chi connectivity index (χ2v) is 9.06. The summed E-state index contributed by atoms with van der Waals surface area (Å²) in [6.07, 6.45) is 1.89. The summed E-state index contributed by atoms with van der Waals surface area (Å²) in [7, 11) is -0.734. The lowest BCUT2D eigenvalue weighted by Crippen LogP contribution is -2.41. The zero-order valence-electron chi connectivity index (χ0n) is 15.3. The number of anilines is 1. The second-order valence-electron chi connectivity index (χ2n) is 7.00. The fourth-order valence-corrected chi connectivity index (χ4v) is 3.40. The highest BCUT2D eigenvalue weighted by Gasteiger charge is 2.24. The summed E-state index contributed by atoms with van der Waals surface area (Å²) >= 11 is 0. The summed E-state index contributed by atoms with van der Waals surface area (Å²) in [6.45, 7) is 6.03. The number of nitrogens with zero attached hydrogens (tertiary/aromatic N) is 4. The molecular formula is C17H26N4O3S. The van der Waals surface area contributed by atoms with Gasteiger partial charge in [-0.2, -0.15) is 17.8 Å². The summed E-state index contributed by atoms with van der Waals surface area (Å²) in [5.74, 6) is 0. The van der Waals surface area contributed by atoms with Gasteiger partial charge in [-0.15, -0.1) is 0 Å². The lowest BCUT2D eigenvalue weighted by Gasteiger charge is -2.26. The minimum absolute atomic E-state index is 0.00416. The SMILES string of the molecule is CN(C)S(=O)(=O)N(CCO)c1ccc(-n2ccc(C(C)(C)C)n2)cc1. The number of benzene rings is 1. The van der Waals surface area contributed by atoms with Gasteiger partial charge in [0.05, 0.1) is 30.2 Å². The Morgan fingerprint density at radius 1 is 1.12 bits per heavy atom. The van der Waals surface area contributed by atoms with Crippen molar-refractivity contribution >= 4 is 15.9 Å². The summed E-state index contributed by atoms with van der Waals surface area (Å²) < 4.78 is 28.9. The monoisotopic (exact) mass is 366 g/mol. The van der Waals surface area contributed by atoms with Crippen molar-refractivity contribution in [2.75, 3.05) is 31.6 Å². The van der Waals surface area contributed by atoms with E-state index in [0.29, 0.717) is 5.69 Å². The van der Waals surface area contributed by atoms with E-state index in [1.807, 2.05) is 24.4 Å². The van der Waals surface area contributed by atoms with E-state index in [4.69, 9.17) is 0 Å². The van der Waals surface area contributed by atoms with Crippen molar-refractivity contribution in [2.24, 2.45) is 0 Å². The van der Waals surface area contributed by atoms with Crippen molar-refractivity contribution in [1.82, 2.24) is 14.1 Å². The Morgan fingerprint density at radius 3 is 2.16 bits per heavy atom. The molecule has 0 radical (unpaired) electrons. The standard InChI is InChI=1S/C17H26N4O3S/c1-17(2,3)16-10-11-20(18-16)14-6-8-15(9-7-14)21(12-13-22)25(23,24)19(4)5/h6-11,22H,12-13H2,1-5H3. The molecule has 8 heteroatoms. The fourth-order valence-electron chi connectivity index (χ4n) is 2.30. The van der Waals surface area contributed by atoms with Gasteiger partial charge in [0.1, 0.15) is 0 Å². The van der Waals surface area contributed by atoms with Crippen molar-refractivity contribution in [3.63, 3.8) is 0 Å². The van der Waals surface area contributed by atoms with Crippen molar-refractivity contribution in [1.29, 1.82) is 0 Å². The predicted molar refractivity (Wildman–Crippen MR) is 99.3 cm³/mol. The number of aliphatic hydroxyl groups excluding tert-OH is 1. The van der Waals surface area contributed by atoms with Gasteiger partial charge in [-0.3, -0.25) is 4.31 Å². The topological polar surface area (TPSA) is 78.7 Å². The van der Waals surface area contributed by atoms with E-state index in [0.717, 1.165) is 15.7 Å². The van der Waals surface area contributed by atoms with Crippen LogP contribution in [0.3, 0.4) is 0 Å². The molecule has 1 aromatic carbocycles. The molecule has 0 saturated carbocycles. The van der Waals surface area contributed by atoms with Gasteiger partial charge in [0.25, 0.3) is 0 Å². The molecule has 0 bridgehead atoms. The van der Waals surface area contributed by atoms with Crippen LogP contribution in [-0.2, 0) is 15.6 Å². The lowest BCUT2D eigenvalue weighted by molar-refractivity contribution is 0.306. The van der Waals surface area contributed by atoms with Crippen LogP contribution in [0.1, 0.15) is 26.5 Å². The van der Waals surface area contributed by atoms with E-state index in [9.17, 15) is 13.5 Å². The molecule has 0 atom stereocenters. The highest BCUT2D eigenvalue weighted by molar-refractivity contribution is 7.90. The smallest absolute Gasteiger partial charge is 0.303 e. The maximum Gasteiger partial charge on any atom is 0.303 e. The second kappa shape index (κ2) is 7.15.